The van der Waals surface area contributed by atoms with Gasteiger partial charge in [0.2, 0.25) is 5.91 Å². The number of ether oxygens (including phenoxy) is 2. The average molecular weight is 718 g/mol. The second-order valence-corrected chi connectivity index (χ2v) is 15.4. The van der Waals surface area contributed by atoms with E-state index in [0.717, 1.165) is 57.3 Å². The Balaban J connectivity index is 2.46. The van der Waals surface area contributed by atoms with Gasteiger partial charge in [-0.15, -0.1) is 0 Å². The number of aliphatic hydroxyl groups excluding tert-OH is 6. The minimum absolute atomic E-state index is 0.258. The molecule has 0 saturated carbocycles. The first-order valence-corrected chi connectivity index (χ1v) is 20.7. The third-order valence-corrected chi connectivity index (χ3v) is 10.2. The van der Waals surface area contributed by atoms with E-state index in [-0.39, 0.29) is 18.9 Å². The molecular weight excluding hydrogens is 638 g/mol. The minimum atomic E-state index is -1.60. The van der Waals surface area contributed by atoms with Gasteiger partial charge in [0.25, 0.3) is 0 Å². The Labute approximate surface area is 305 Å². The molecule has 0 aliphatic carbocycles. The third kappa shape index (κ3) is 22.3. The van der Waals surface area contributed by atoms with Crippen molar-refractivity contribution in [3.8, 4) is 0 Å². The number of carbonyl (C=O) groups is 1. The number of nitrogens with one attached hydrogen (secondary N) is 1. The fraction of sp³-hybridized carbons (Fsp3) is 0.975. The summed E-state index contributed by atoms with van der Waals surface area (Å²) in [4.78, 5) is 12.9. The first-order valence-electron chi connectivity index (χ1n) is 20.7. The molecule has 0 unspecified atom stereocenters. The molecule has 50 heavy (non-hydrogen) atoms. The van der Waals surface area contributed by atoms with Crippen LogP contribution in [0, 0.1) is 5.92 Å². The second-order valence-electron chi connectivity index (χ2n) is 15.4. The van der Waals surface area contributed by atoms with E-state index in [2.05, 4.69) is 26.1 Å². The van der Waals surface area contributed by atoms with E-state index in [1.807, 2.05) is 0 Å². The van der Waals surface area contributed by atoms with Crippen molar-refractivity contribution in [3.63, 3.8) is 0 Å². The maximum atomic E-state index is 12.9. The van der Waals surface area contributed by atoms with E-state index in [1.165, 1.54) is 96.3 Å². The van der Waals surface area contributed by atoms with Crippen molar-refractivity contribution in [3.05, 3.63) is 0 Å². The number of unbranched alkanes of at least 4 members (excludes halogenated alkanes) is 20. The molecule has 1 fully saturated rings. The zero-order chi connectivity index (χ0) is 37.0. The Morgan fingerprint density at radius 3 is 1.60 bits per heavy atom. The maximum absolute atomic E-state index is 12.9. The molecule has 0 radical (unpaired) electrons. The summed E-state index contributed by atoms with van der Waals surface area (Å²) in [5.41, 5.74) is 0. The molecule has 0 spiro atoms. The topological polar surface area (TPSA) is 169 Å². The van der Waals surface area contributed by atoms with Crippen LogP contribution in [0.1, 0.15) is 181 Å². The summed E-state index contributed by atoms with van der Waals surface area (Å²) in [6, 6.07) is -0.984. The molecule has 0 aromatic carbocycles. The van der Waals surface area contributed by atoms with Crippen LogP contribution >= 0.6 is 0 Å². The summed E-state index contributed by atoms with van der Waals surface area (Å²) in [5, 5.41) is 64.9. The zero-order valence-electron chi connectivity index (χ0n) is 32.2. The summed E-state index contributed by atoms with van der Waals surface area (Å²) >= 11 is 0. The van der Waals surface area contributed by atoms with Crippen LogP contribution in [0.3, 0.4) is 0 Å². The van der Waals surface area contributed by atoms with E-state index < -0.39 is 55.6 Å². The molecule has 1 amide bonds. The summed E-state index contributed by atoms with van der Waals surface area (Å²) in [6.45, 7) is 5.87. The van der Waals surface area contributed by atoms with E-state index in [1.54, 1.807) is 0 Å². The highest BCUT2D eigenvalue weighted by Gasteiger charge is 2.44. The van der Waals surface area contributed by atoms with Crippen LogP contribution in [0.15, 0.2) is 0 Å². The van der Waals surface area contributed by atoms with Gasteiger partial charge in [-0.2, -0.15) is 0 Å². The number of amides is 1. The van der Waals surface area contributed by atoms with Crippen molar-refractivity contribution < 1.29 is 44.9 Å². The fourth-order valence-corrected chi connectivity index (χ4v) is 6.79. The highest BCUT2D eigenvalue weighted by atomic mass is 16.7. The monoisotopic (exact) mass is 718 g/mol. The molecule has 0 aromatic rings. The summed E-state index contributed by atoms with van der Waals surface area (Å²) < 4.78 is 11.1. The van der Waals surface area contributed by atoms with Crippen LogP contribution in [-0.4, -0.2) is 98.7 Å². The zero-order valence-corrected chi connectivity index (χ0v) is 32.2. The van der Waals surface area contributed by atoms with Crippen LogP contribution in [0.4, 0.5) is 0 Å². The lowest BCUT2D eigenvalue weighted by molar-refractivity contribution is -0.303. The van der Waals surface area contributed by atoms with Gasteiger partial charge in [0.1, 0.15) is 30.5 Å². The quantitative estimate of drug-likeness (QED) is 0.0378. The first kappa shape index (κ1) is 47.2. The normalized spacial score (nSPS) is 22.9. The van der Waals surface area contributed by atoms with E-state index in [4.69, 9.17) is 9.47 Å². The first-order chi connectivity index (χ1) is 24.1. The van der Waals surface area contributed by atoms with Crippen molar-refractivity contribution in [1.29, 1.82) is 0 Å². The second kappa shape index (κ2) is 30.6. The third-order valence-electron chi connectivity index (χ3n) is 10.2. The number of rotatable bonds is 33. The van der Waals surface area contributed by atoms with E-state index in [0.29, 0.717) is 6.42 Å². The highest BCUT2D eigenvalue weighted by Crippen LogP contribution is 2.23. The van der Waals surface area contributed by atoms with Crippen LogP contribution in [-0.2, 0) is 14.3 Å². The highest BCUT2D eigenvalue weighted by molar-refractivity contribution is 5.76. The van der Waals surface area contributed by atoms with Gasteiger partial charge in [-0.1, -0.05) is 162 Å². The van der Waals surface area contributed by atoms with E-state index in [9.17, 15) is 35.4 Å². The van der Waals surface area contributed by atoms with Crippen molar-refractivity contribution >= 4 is 5.91 Å². The lowest BCUT2D eigenvalue weighted by Crippen LogP contribution is -2.60. The Kier molecular flexibility index (Phi) is 28.9. The standard InChI is InChI=1S/C40H79NO9/c1-4-5-6-7-8-9-10-11-12-13-14-19-22-25-28-35(44)41-32(30-49-40-39(48)38(47)37(46)34(29-42)50-40)36(45)33(43)27-24-21-18-16-15-17-20-23-26-31(2)3/h31-34,36-40,42-43,45-48H,4-30H2,1-3H3,(H,41,44)/t32-,33+,34+,36-,37+,38-,39+,40+/m0/s1. The van der Waals surface area contributed by atoms with Crippen LogP contribution in [0.25, 0.3) is 0 Å². The van der Waals surface area contributed by atoms with Gasteiger partial charge in [-0.05, 0) is 18.8 Å². The molecule has 1 rings (SSSR count). The predicted octanol–water partition coefficient (Wildman–Crippen LogP) is 6.44. The van der Waals surface area contributed by atoms with Gasteiger partial charge in [0, 0.05) is 6.42 Å². The molecule has 8 atom stereocenters. The lowest BCUT2D eigenvalue weighted by atomic mass is 9.98. The van der Waals surface area contributed by atoms with Crippen LogP contribution < -0.4 is 5.32 Å². The number of hydrogen-bond donors (Lipinski definition) is 7. The van der Waals surface area contributed by atoms with Gasteiger partial charge >= 0.3 is 0 Å². The number of carbonyl (C=O) groups excluding carboxylic acids is 1. The molecule has 0 aromatic heterocycles. The Morgan fingerprint density at radius 1 is 0.660 bits per heavy atom. The predicted molar refractivity (Wildman–Crippen MR) is 200 cm³/mol. The molecular formula is C40H79NO9. The SMILES string of the molecule is CCCCCCCCCCCCCCCCC(=O)N[C@@H](CO[C@@H]1O[C@H](CO)[C@@H](O)[C@H](O)[C@H]1O)[C@H](O)[C@H](O)CCCCCCCCCCC(C)C. The van der Waals surface area contributed by atoms with Crippen molar-refractivity contribution in [2.24, 2.45) is 5.92 Å². The largest absolute Gasteiger partial charge is 0.394 e. The Morgan fingerprint density at radius 2 is 1.12 bits per heavy atom. The van der Waals surface area contributed by atoms with Crippen LogP contribution in [0.5, 0.6) is 0 Å². The maximum Gasteiger partial charge on any atom is 0.220 e. The van der Waals surface area contributed by atoms with Crippen molar-refractivity contribution in [2.45, 2.75) is 230 Å². The fourth-order valence-electron chi connectivity index (χ4n) is 6.79. The average Bonchev–Trinajstić information content (AvgIpc) is 3.10. The van der Waals surface area contributed by atoms with Gasteiger partial charge in [-0.3, -0.25) is 4.79 Å². The van der Waals surface area contributed by atoms with E-state index >= 15 is 0 Å². The lowest BCUT2D eigenvalue weighted by Gasteiger charge is -2.40. The smallest absolute Gasteiger partial charge is 0.220 e. The Hall–Kier alpha value is -0.850. The molecule has 0 bridgehead atoms. The number of aliphatic hydroxyl groups is 6. The summed E-state index contributed by atoms with van der Waals surface area (Å²) in [5.74, 6) is 0.504. The van der Waals surface area contributed by atoms with Gasteiger partial charge in [-0.25, -0.2) is 0 Å². The molecule has 7 N–H and O–H groups in total. The van der Waals surface area contributed by atoms with Crippen molar-refractivity contribution in [1.82, 2.24) is 5.32 Å². The summed E-state index contributed by atoms with van der Waals surface area (Å²) in [6.07, 6.45) is 18.4. The molecule has 1 saturated heterocycles. The molecule has 10 nitrogen and oxygen atoms in total. The molecule has 1 aliphatic heterocycles. The van der Waals surface area contributed by atoms with Gasteiger partial charge in [0.15, 0.2) is 6.29 Å². The molecule has 298 valence electrons. The minimum Gasteiger partial charge on any atom is -0.394 e. The van der Waals surface area contributed by atoms with Gasteiger partial charge < -0.3 is 45.4 Å². The van der Waals surface area contributed by atoms with Gasteiger partial charge in [0.05, 0.1) is 25.4 Å². The molecule has 10 heteroatoms. The number of hydrogen-bond acceptors (Lipinski definition) is 9. The molecule has 1 aliphatic rings. The van der Waals surface area contributed by atoms with Crippen LogP contribution in [0.2, 0.25) is 0 Å². The van der Waals surface area contributed by atoms with Crippen molar-refractivity contribution in [2.75, 3.05) is 13.2 Å². The molecule has 1 heterocycles. The summed E-state index contributed by atoms with van der Waals surface area (Å²) in [7, 11) is 0. The Bertz CT molecular complexity index is 786.